The van der Waals surface area contributed by atoms with E-state index in [0.29, 0.717) is 12.2 Å². The van der Waals surface area contributed by atoms with Gasteiger partial charge in [-0.05, 0) is 23.8 Å². The number of rotatable bonds is 4. The average Bonchev–Trinajstić information content (AvgIpc) is 3.43. The van der Waals surface area contributed by atoms with Crippen molar-refractivity contribution in [2.45, 2.75) is 12.7 Å². The number of nitrogens with one attached hydrogen (secondary N) is 1. The van der Waals surface area contributed by atoms with Gasteiger partial charge in [-0.25, -0.2) is 19.7 Å². The summed E-state index contributed by atoms with van der Waals surface area (Å²) in [4.78, 5) is 23.4. The molecule has 0 atom stereocenters. The first kappa shape index (κ1) is 24.5. The molecule has 8 nitrogen and oxygen atoms in total. The first-order valence-electron chi connectivity index (χ1n) is 10.6. The van der Waals surface area contributed by atoms with Gasteiger partial charge >= 0.3 is 12.1 Å². The molecule has 3 heterocycles. The summed E-state index contributed by atoms with van der Waals surface area (Å²) in [5.41, 5.74) is 13.4. The van der Waals surface area contributed by atoms with Gasteiger partial charge < -0.3 is 10.8 Å². The number of aromatic nitrogens is 5. The van der Waals surface area contributed by atoms with E-state index in [1.807, 2.05) is 72.8 Å². The number of benzene rings is 2. The smallest absolute Gasteiger partial charge is 0.475 e. The Morgan fingerprint density at radius 2 is 1.50 bits per heavy atom. The minimum absolute atomic E-state index is 0.504. The van der Waals surface area contributed by atoms with Crippen LogP contribution in [0, 0.1) is 0 Å². The number of carboxylic acid groups (broad SMARTS) is 1. The SMILES string of the molecule is NCc1ccc(-c2nc3nc(-c4ccn[nH]4)ccc3nc2-c2ccccc2)cc1.O=C(O)C(F)(F)F. The minimum Gasteiger partial charge on any atom is -0.475 e. The number of nitrogens with two attached hydrogens (primary N) is 1. The van der Waals surface area contributed by atoms with Crippen LogP contribution in [0.5, 0.6) is 0 Å². The molecule has 4 N–H and O–H groups in total. The number of hydrogen-bond donors (Lipinski definition) is 3. The maximum atomic E-state index is 10.6. The van der Waals surface area contributed by atoms with Crippen LogP contribution in [0.2, 0.25) is 0 Å². The highest BCUT2D eigenvalue weighted by Crippen LogP contribution is 2.31. The van der Waals surface area contributed by atoms with Crippen molar-refractivity contribution in [2.24, 2.45) is 5.73 Å². The number of H-pyrrole nitrogens is 1. The highest BCUT2D eigenvalue weighted by molar-refractivity contribution is 5.85. The van der Waals surface area contributed by atoms with Crippen LogP contribution in [-0.4, -0.2) is 42.4 Å². The quantitative estimate of drug-likeness (QED) is 0.327. The summed E-state index contributed by atoms with van der Waals surface area (Å²) < 4.78 is 31.7. The number of aromatic amines is 1. The van der Waals surface area contributed by atoms with Gasteiger partial charge in [0.2, 0.25) is 0 Å². The summed E-state index contributed by atoms with van der Waals surface area (Å²) in [5, 5.41) is 14.1. The molecule has 36 heavy (non-hydrogen) atoms. The Labute approximate surface area is 202 Å². The van der Waals surface area contributed by atoms with Crippen LogP contribution in [0.25, 0.3) is 45.1 Å². The molecule has 0 saturated carbocycles. The molecule has 3 aromatic heterocycles. The third-order valence-electron chi connectivity index (χ3n) is 5.06. The van der Waals surface area contributed by atoms with Crippen molar-refractivity contribution in [3.05, 3.63) is 84.6 Å². The zero-order valence-electron chi connectivity index (χ0n) is 18.6. The van der Waals surface area contributed by atoms with Crippen molar-refractivity contribution in [3.8, 4) is 33.9 Å². The molecule has 5 aromatic rings. The molecular formula is C25H19F3N6O2. The highest BCUT2D eigenvalue weighted by Gasteiger charge is 2.38. The molecule has 0 aliphatic heterocycles. The van der Waals surface area contributed by atoms with Crippen molar-refractivity contribution in [1.29, 1.82) is 0 Å². The number of pyridine rings is 1. The van der Waals surface area contributed by atoms with Gasteiger partial charge in [-0.2, -0.15) is 18.3 Å². The molecule has 0 aliphatic rings. The van der Waals surface area contributed by atoms with Crippen molar-refractivity contribution >= 4 is 17.1 Å². The predicted octanol–water partition coefficient (Wildman–Crippen LogP) is 4.84. The normalized spacial score (nSPS) is 11.1. The van der Waals surface area contributed by atoms with Crippen LogP contribution >= 0.6 is 0 Å². The van der Waals surface area contributed by atoms with Gasteiger partial charge in [0.1, 0.15) is 5.52 Å². The van der Waals surface area contributed by atoms with Crippen molar-refractivity contribution < 1.29 is 23.1 Å². The number of fused-ring (bicyclic) bond motifs is 1. The maximum Gasteiger partial charge on any atom is 0.490 e. The third kappa shape index (κ3) is 5.53. The average molecular weight is 492 g/mol. The summed E-state index contributed by atoms with van der Waals surface area (Å²) in [6.45, 7) is 0.504. The van der Waals surface area contributed by atoms with E-state index in [0.717, 1.165) is 45.0 Å². The van der Waals surface area contributed by atoms with Crippen LogP contribution in [0.4, 0.5) is 13.2 Å². The predicted molar refractivity (Wildman–Crippen MR) is 127 cm³/mol. The van der Waals surface area contributed by atoms with E-state index in [1.54, 1.807) is 6.20 Å². The number of carbonyl (C=O) groups is 1. The largest absolute Gasteiger partial charge is 0.490 e. The van der Waals surface area contributed by atoms with Gasteiger partial charge in [-0.3, -0.25) is 5.10 Å². The molecule has 5 rings (SSSR count). The van der Waals surface area contributed by atoms with Crippen LogP contribution in [0.1, 0.15) is 5.56 Å². The number of halogens is 3. The summed E-state index contributed by atoms with van der Waals surface area (Å²) in [6, 6.07) is 23.9. The molecule has 0 aliphatic carbocycles. The topological polar surface area (TPSA) is 131 Å². The first-order chi connectivity index (χ1) is 17.3. The summed E-state index contributed by atoms with van der Waals surface area (Å²) in [5.74, 6) is -2.76. The second kappa shape index (κ2) is 10.3. The van der Waals surface area contributed by atoms with E-state index < -0.39 is 12.1 Å². The second-order valence-corrected chi connectivity index (χ2v) is 7.50. The number of carboxylic acids is 1. The molecule has 0 radical (unpaired) electrons. The Morgan fingerprint density at radius 1 is 0.861 bits per heavy atom. The van der Waals surface area contributed by atoms with Gasteiger partial charge in [0.15, 0.2) is 5.65 Å². The zero-order chi connectivity index (χ0) is 25.7. The van der Waals surface area contributed by atoms with E-state index in [2.05, 4.69) is 10.2 Å². The molecule has 0 unspecified atom stereocenters. The van der Waals surface area contributed by atoms with E-state index in [9.17, 15) is 13.2 Å². The minimum atomic E-state index is -5.08. The van der Waals surface area contributed by atoms with Gasteiger partial charge in [-0.1, -0.05) is 54.6 Å². The Bertz CT molecular complexity index is 1470. The highest BCUT2D eigenvalue weighted by atomic mass is 19.4. The standard InChI is InChI=1S/C23H18N6.C2HF3O2/c24-14-15-6-8-17(9-7-15)22-21(16-4-2-1-3-5-16)26-20-11-10-18(27-23(20)28-22)19-12-13-25-29-19;3-2(4,5)1(6)7/h1-13H,14,24H2,(H,25,29);(H,6,7). The lowest BCUT2D eigenvalue weighted by Gasteiger charge is -2.11. The van der Waals surface area contributed by atoms with E-state index >= 15 is 0 Å². The second-order valence-electron chi connectivity index (χ2n) is 7.50. The molecule has 2 aromatic carbocycles. The fourth-order valence-corrected chi connectivity index (χ4v) is 3.29. The molecule has 0 amide bonds. The lowest BCUT2D eigenvalue weighted by atomic mass is 10.0. The number of hydrogen-bond acceptors (Lipinski definition) is 6. The molecule has 0 saturated heterocycles. The van der Waals surface area contributed by atoms with Crippen LogP contribution < -0.4 is 5.73 Å². The molecule has 11 heteroatoms. The summed E-state index contributed by atoms with van der Waals surface area (Å²) in [6.07, 6.45) is -3.38. The lowest BCUT2D eigenvalue weighted by molar-refractivity contribution is -0.192. The van der Waals surface area contributed by atoms with Crippen LogP contribution in [0.15, 0.2) is 79.0 Å². The monoisotopic (exact) mass is 492 g/mol. The first-order valence-corrected chi connectivity index (χ1v) is 10.6. The lowest BCUT2D eigenvalue weighted by Crippen LogP contribution is -2.21. The van der Waals surface area contributed by atoms with E-state index in [1.165, 1.54) is 0 Å². The fraction of sp³-hybridized carbons (Fsp3) is 0.0800. The van der Waals surface area contributed by atoms with Crippen molar-refractivity contribution in [2.75, 3.05) is 0 Å². The molecular weight excluding hydrogens is 473 g/mol. The van der Waals surface area contributed by atoms with Crippen LogP contribution in [-0.2, 0) is 11.3 Å². The fourth-order valence-electron chi connectivity index (χ4n) is 3.29. The van der Waals surface area contributed by atoms with Gasteiger partial charge in [0, 0.05) is 23.9 Å². The molecule has 182 valence electrons. The Morgan fingerprint density at radius 3 is 2.08 bits per heavy atom. The van der Waals surface area contributed by atoms with Crippen LogP contribution in [0.3, 0.4) is 0 Å². The Balaban J connectivity index is 0.000000384. The molecule has 0 spiro atoms. The van der Waals surface area contributed by atoms with E-state index in [4.69, 9.17) is 30.6 Å². The number of aliphatic carboxylic acids is 1. The Hall–Kier alpha value is -4.64. The molecule has 0 bridgehead atoms. The van der Waals surface area contributed by atoms with E-state index in [-0.39, 0.29) is 0 Å². The third-order valence-corrected chi connectivity index (χ3v) is 5.06. The number of alkyl halides is 3. The van der Waals surface area contributed by atoms with Gasteiger partial charge in [0.05, 0.1) is 22.8 Å². The van der Waals surface area contributed by atoms with Crippen molar-refractivity contribution in [1.82, 2.24) is 25.1 Å². The van der Waals surface area contributed by atoms with Crippen molar-refractivity contribution in [3.63, 3.8) is 0 Å². The van der Waals surface area contributed by atoms with Gasteiger partial charge in [0.25, 0.3) is 0 Å². The maximum absolute atomic E-state index is 10.6. The summed E-state index contributed by atoms with van der Waals surface area (Å²) in [7, 11) is 0. The van der Waals surface area contributed by atoms with Gasteiger partial charge in [-0.15, -0.1) is 0 Å². The zero-order valence-corrected chi connectivity index (χ0v) is 18.6. The number of nitrogens with zero attached hydrogens (tertiary/aromatic N) is 4. The Kier molecular flexibility index (Phi) is 7.02. The summed E-state index contributed by atoms with van der Waals surface area (Å²) >= 11 is 0. The molecule has 0 fully saturated rings.